The molecule has 0 saturated carbocycles. The summed E-state index contributed by atoms with van der Waals surface area (Å²) < 4.78 is 57.7. The summed E-state index contributed by atoms with van der Waals surface area (Å²) in [6.45, 7) is 3.68. The van der Waals surface area contributed by atoms with Crippen molar-refractivity contribution in [1.29, 1.82) is 0 Å². The van der Waals surface area contributed by atoms with Gasteiger partial charge in [0.15, 0.2) is 6.10 Å². The molecule has 2 saturated heterocycles. The molecule has 0 aromatic heterocycles. The topological polar surface area (TPSA) is 65.0 Å². The maximum absolute atomic E-state index is 14.0. The van der Waals surface area contributed by atoms with Crippen molar-refractivity contribution in [3.8, 4) is 0 Å². The van der Waals surface area contributed by atoms with Gasteiger partial charge in [0.1, 0.15) is 0 Å². The van der Waals surface area contributed by atoms with Crippen LogP contribution in [-0.2, 0) is 24.6 Å². The number of fused-ring (bicyclic) bond motifs is 2. The van der Waals surface area contributed by atoms with Crippen molar-refractivity contribution in [1.82, 2.24) is 0 Å². The van der Waals surface area contributed by atoms with E-state index >= 15 is 0 Å². The van der Waals surface area contributed by atoms with Crippen molar-refractivity contribution < 1.29 is 37.3 Å². The van der Waals surface area contributed by atoms with E-state index in [9.17, 15) is 23.1 Å². The molecule has 2 bridgehead atoms. The molecular weight excluding hydrogens is 365 g/mol. The second-order valence-electron chi connectivity index (χ2n) is 7.32. The molecule has 0 aliphatic carbocycles. The van der Waals surface area contributed by atoms with Crippen LogP contribution in [0.3, 0.4) is 0 Å². The largest absolute Gasteiger partial charge is 0.454 e. The second-order valence-corrected chi connectivity index (χ2v) is 7.32. The molecule has 4 unspecified atom stereocenters. The van der Waals surface area contributed by atoms with Gasteiger partial charge in [-0.3, -0.25) is 0 Å². The van der Waals surface area contributed by atoms with Gasteiger partial charge in [0, 0.05) is 18.6 Å². The monoisotopic (exact) mass is 388 g/mol. The number of rotatable bonds is 4. The Balaban J connectivity index is 1.94. The molecule has 2 fully saturated rings. The summed E-state index contributed by atoms with van der Waals surface area (Å²) in [6.07, 6.45) is -7.70. The lowest BCUT2D eigenvalue weighted by Gasteiger charge is -2.40. The van der Waals surface area contributed by atoms with Crippen LogP contribution in [0, 0.1) is 11.8 Å². The van der Waals surface area contributed by atoms with Crippen LogP contribution < -0.4 is 0 Å². The van der Waals surface area contributed by atoms with Gasteiger partial charge in [-0.1, -0.05) is 44.2 Å². The Morgan fingerprint density at radius 3 is 2.41 bits per heavy atom. The maximum atomic E-state index is 14.0. The molecule has 8 heteroatoms. The van der Waals surface area contributed by atoms with Crippen LogP contribution in [0.5, 0.6) is 0 Å². The third-order valence-corrected chi connectivity index (χ3v) is 5.67. The lowest BCUT2D eigenvalue weighted by atomic mass is 9.89. The normalized spacial score (nSPS) is 35.5. The molecule has 1 N–H and O–H groups in total. The summed E-state index contributed by atoms with van der Waals surface area (Å²) in [4.78, 5) is 12.8. The van der Waals surface area contributed by atoms with Gasteiger partial charge >= 0.3 is 12.1 Å². The first kappa shape index (κ1) is 20.1. The highest BCUT2D eigenvalue weighted by molar-refractivity contribution is 5.83. The Kier molecular flexibility index (Phi) is 5.26. The first-order chi connectivity index (χ1) is 12.6. The van der Waals surface area contributed by atoms with Crippen LogP contribution in [0.1, 0.15) is 25.8 Å². The predicted molar refractivity (Wildman–Crippen MR) is 88.7 cm³/mol. The van der Waals surface area contributed by atoms with E-state index < -0.39 is 36.1 Å². The van der Waals surface area contributed by atoms with Crippen molar-refractivity contribution in [2.24, 2.45) is 11.8 Å². The molecule has 0 spiro atoms. The number of carbonyl (C=O) groups excluding carboxylic acids is 1. The molecule has 7 atom stereocenters. The number of halogens is 3. The molecule has 2 aliphatic rings. The van der Waals surface area contributed by atoms with Gasteiger partial charge in [-0.25, -0.2) is 4.79 Å². The average molecular weight is 388 g/mol. The molecular formula is C19H23F3O5. The summed E-state index contributed by atoms with van der Waals surface area (Å²) in [6, 6.07) is 6.61. The zero-order chi connectivity index (χ0) is 20.0. The van der Waals surface area contributed by atoms with Crippen molar-refractivity contribution in [2.75, 3.05) is 7.11 Å². The number of alkyl halides is 3. The first-order valence-corrected chi connectivity index (χ1v) is 8.85. The van der Waals surface area contributed by atoms with Crippen LogP contribution >= 0.6 is 0 Å². The highest BCUT2D eigenvalue weighted by Gasteiger charge is 2.65. The third kappa shape index (κ3) is 3.13. The second kappa shape index (κ2) is 7.07. The molecule has 150 valence electrons. The van der Waals surface area contributed by atoms with Gasteiger partial charge in [-0.2, -0.15) is 13.2 Å². The van der Waals surface area contributed by atoms with Crippen molar-refractivity contribution in [3.63, 3.8) is 0 Å². The molecule has 2 aliphatic heterocycles. The van der Waals surface area contributed by atoms with E-state index in [4.69, 9.17) is 14.2 Å². The first-order valence-electron chi connectivity index (χ1n) is 8.85. The SMILES string of the molecule is CO[C@@](C(=O)O[C@@H]1C2CC(C)C(O2)C(C)[C@@H]1O)(c1ccccc1)C(F)(F)F. The fourth-order valence-corrected chi connectivity index (χ4v) is 4.20. The minimum atomic E-state index is -5.06. The number of benzene rings is 1. The van der Waals surface area contributed by atoms with Crippen LogP contribution in [-0.4, -0.2) is 48.8 Å². The molecule has 0 radical (unpaired) electrons. The van der Waals surface area contributed by atoms with Gasteiger partial charge in [0.05, 0.1) is 18.3 Å². The predicted octanol–water partition coefficient (Wildman–Crippen LogP) is 2.81. The quantitative estimate of drug-likeness (QED) is 0.804. The zero-order valence-electron chi connectivity index (χ0n) is 15.3. The maximum Gasteiger partial charge on any atom is 0.432 e. The van der Waals surface area contributed by atoms with E-state index in [0.29, 0.717) is 6.42 Å². The number of hydrogen-bond donors (Lipinski definition) is 1. The molecule has 5 nitrogen and oxygen atoms in total. The number of aliphatic hydroxyl groups is 1. The zero-order valence-corrected chi connectivity index (χ0v) is 15.3. The lowest BCUT2D eigenvalue weighted by Crippen LogP contribution is -2.57. The number of carbonyl (C=O) groups is 1. The third-order valence-electron chi connectivity index (χ3n) is 5.67. The smallest absolute Gasteiger partial charge is 0.432 e. The Bertz CT molecular complexity index is 678. The Hall–Kier alpha value is -1.64. The summed E-state index contributed by atoms with van der Waals surface area (Å²) >= 11 is 0. The highest BCUT2D eigenvalue weighted by Crippen LogP contribution is 2.46. The van der Waals surface area contributed by atoms with Crippen LogP contribution in [0.15, 0.2) is 30.3 Å². The number of esters is 1. The summed E-state index contributed by atoms with van der Waals surface area (Å²) in [5.41, 5.74) is -3.67. The van der Waals surface area contributed by atoms with E-state index in [-0.39, 0.29) is 23.5 Å². The van der Waals surface area contributed by atoms with Crippen LogP contribution in [0.2, 0.25) is 0 Å². The molecule has 3 rings (SSSR count). The van der Waals surface area contributed by atoms with Crippen molar-refractivity contribution >= 4 is 5.97 Å². The summed E-state index contributed by atoms with van der Waals surface area (Å²) in [7, 11) is 0.811. The average Bonchev–Trinajstić information content (AvgIpc) is 2.96. The highest BCUT2D eigenvalue weighted by atomic mass is 19.4. The van der Waals surface area contributed by atoms with Gasteiger partial charge in [0.25, 0.3) is 5.60 Å². The number of hydrogen-bond acceptors (Lipinski definition) is 5. The van der Waals surface area contributed by atoms with Crippen LogP contribution in [0.4, 0.5) is 13.2 Å². The molecule has 0 amide bonds. The van der Waals surface area contributed by atoms with E-state index in [1.165, 1.54) is 18.2 Å². The van der Waals surface area contributed by atoms with Gasteiger partial charge in [-0.05, 0) is 12.3 Å². The van der Waals surface area contributed by atoms with E-state index in [2.05, 4.69) is 0 Å². The Morgan fingerprint density at radius 1 is 1.22 bits per heavy atom. The van der Waals surface area contributed by atoms with Gasteiger partial charge in [0.2, 0.25) is 0 Å². The fraction of sp³-hybridized carbons (Fsp3) is 0.632. The van der Waals surface area contributed by atoms with E-state index in [1.54, 1.807) is 6.92 Å². The number of aliphatic hydroxyl groups excluding tert-OH is 1. The molecule has 2 heterocycles. The molecule has 1 aromatic carbocycles. The Morgan fingerprint density at radius 2 is 1.85 bits per heavy atom. The van der Waals surface area contributed by atoms with Gasteiger partial charge < -0.3 is 19.3 Å². The number of methoxy groups -OCH3 is 1. The summed E-state index contributed by atoms with van der Waals surface area (Å²) in [5.74, 6) is -1.86. The Labute approximate surface area is 155 Å². The standard InChI is InChI=1S/C19H23F3O5/c1-10-9-13-16(14(23)11(2)15(10)26-13)27-17(24)18(25-3,19(20,21)22)12-7-5-4-6-8-12/h4-8,10-11,13-16,23H,9H2,1-3H3/t10?,11?,13?,14-,15?,16+,18+/m0/s1. The molecule has 1 aromatic rings. The number of ether oxygens (including phenoxy) is 3. The van der Waals surface area contributed by atoms with Crippen molar-refractivity contribution in [3.05, 3.63) is 35.9 Å². The lowest BCUT2D eigenvalue weighted by molar-refractivity contribution is -0.284. The molecule has 27 heavy (non-hydrogen) atoms. The van der Waals surface area contributed by atoms with Crippen molar-refractivity contribution in [2.45, 2.75) is 56.5 Å². The van der Waals surface area contributed by atoms with E-state index in [0.717, 1.165) is 19.2 Å². The fourth-order valence-electron chi connectivity index (χ4n) is 4.20. The van der Waals surface area contributed by atoms with Crippen LogP contribution in [0.25, 0.3) is 0 Å². The van der Waals surface area contributed by atoms with Gasteiger partial charge in [-0.15, -0.1) is 0 Å². The minimum Gasteiger partial charge on any atom is -0.454 e. The minimum absolute atomic E-state index is 0.118. The summed E-state index contributed by atoms with van der Waals surface area (Å²) in [5, 5.41) is 10.5. The van der Waals surface area contributed by atoms with E-state index in [1.807, 2.05) is 6.92 Å².